The van der Waals surface area contributed by atoms with Crippen molar-refractivity contribution in [3.05, 3.63) is 0 Å². The number of hydrogen-bond donors (Lipinski definition) is 11. The molecule has 13 N–H and O–H groups in total. The smallest absolute Gasteiger partial charge is 0.187 e. The first-order valence-electron chi connectivity index (χ1n) is 14.5. The Kier molecular flexibility index (Phi) is 10.7. The van der Waals surface area contributed by atoms with Crippen molar-refractivity contribution in [1.82, 2.24) is 10.6 Å². The molecule has 42 heavy (non-hydrogen) atoms. The third-order valence-corrected chi connectivity index (χ3v) is 9.04. The van der Waals surface area contributed by atoms with Crippen LogP contribution in [0.2, 0.25) is 0 Å². The molecule has 2 saturated heterocycles. The molecule has 2 heterocycles. The normalized spacial score (nSPS) is 51.3. The van der Waals surface area contributed by atoms with E-state index < -0.39 is 102 Å². The van der Waals surface area contributed by atoms with Gasteiger partial charge in [-0.05, 0) is 32.9 Å². The van der Waals surface area contributed by atoms with Crippen LogP contribution in [0.5, 0.6) is 0 Å². The molecule has 244 valence electrons. The van der Waals surface area contributed by atoms with E-state index in [1.54, 1.807) is 7.05 Å². The van der Waals surface area contributed by atoms with E-state index in [0.717, 1.165) is 0 Å². The molecule has 4 fully saturated rings. The van der Waals surface area contributed by atoms with Crippen LogP contribution in [0, 0.1) is 5.92 Å². The van der Waals surface area contributed by atoms with Crippen LogP contribution in [0.4, 0.5) is 0 Å². The van der Waals surface area contributed by atoms with Gasteiger partial charge < -0.3 is 76.8 Å². The average Bonchev–Trinajstić information content (AvgIpc) is 3.56. The summed E-state index contributed by atoms with van der Waals surface area (Å²) in [6, 6.07) is -2.48. The zero-order valence-corrected chi connectivity index (χ0v) is 24.2. The molecule has 0 aromatic carbocycles. The van der Waals surface area contributed by atoms with Crippen molar-refractivity contribution >= 4 is 5.78 Å². The van der Waals surface area contributed by atoms with Gasteiger partial charge in [0.25, 0.3) is 0 Å². The minimum Gasteiger partial charge on any atom is -0.388 e. The summed E-state index contributed by atoms with van der Waals surface area (Å²) in [6.07, 6.45) is -14.0. The van der Waals surface area contributed by atoms with E-state index in [-0.39, 0.29) is 32.4 Å². The number of aliphatic hydroxyl groups excluding tert-OH is 5. The van der Waals surface area contributed by atoms with Crippen LogP contribution in [-0.4, -0.2) is 159 Å². The number of ether oxygens (including phenoxy) is 4. The molecule has 2 aliphatic heterocycles. The molecule has 16 atom stereocenters. The van der Waals surface area contributed by atoms with Gasteiger partial charge in [0.1, 0.15) is 53.9 Å². The van der Waals surface area contributed by atoms with Gasteiger partial charge in [0.2, 0.25) is 0 Å². The average molecular weight is 609 g/mol. The van der Waals surface area contributed by atoms with Crippen molar-refractivity contribution in [2.24, 2.45) is 17.4 Å². The third kappa shape index (κ3) is 6.68. The topological polar surface area (TPSA) is 272 Å². The summed E-state index contributed by atoms with van der Waals surface area (Å²) >= 11 is 0. The number of likely N-dealkylation sites (N-methyl/N-ethyl adjacent to an activating group) is 2. The lowest BCUT2D eigenvalue weighted by atomic mass is 9.76. The molecule has 2 aliphatic carbocycles. The Morgan fingerprint density at radius 1 is 0.976 bits per heavy atom. The first-order valence-corrected chi connectivity index (χ1v) is 14.5. The number of nitrogens with two attached hydrogens (primary N) is 2. The summed E-state index contributed by atoms with van der Waals surface area (Å²) < 4.78 is 23.4. The van der Waals surface area contributed by atoms with E-state index in [9.17, 15) is 40.5 Å². The number of Topliss-reactive ketones (excluding diaryl/α,β-unsaturated/α-hetero) is 1. The third-order valence-electron chi connectivity index (χ3n) is 9.04. The summed E-state index contributed by atoms with van der Waals surface area (Å²) in [5.41, 5.74) is 9.05. The van der Waals surface area contributed by atoms with Crippen LogP contribution in [0.3, 0.4) is 0 Å². The molecule has 16 heteroatoms. The van der Waals surface area contributed by atoms with E-state index in [1.807, 2.05) is 6.92 Å². The summed E-state index contributed by atoms with van der Waals surface area (Å²) in [6.45, 7) is 3.82. The van der Waals surface area contributed by atoms with Crippen molar-refractivity contribution < 1.29 is 59.5 Å². The highest BCUT2D eigenvalue weighted by atomic mass is 16.7. The van der Waals surface area contributed by atoms with E-state index in [0.29, 0.717) is 6.54 Å². The number of carbonyl (C=O) groups excluding carboxylic acids is 1. The van der Waals surface area contributed by atoms with Crippen LogP contribution in [-0.2, 0) is 23.7 Å². The molecular formula is C26H48N4O12. The molecule has 0 radical (unpaired) electrons. The van der Waals surface area contributed by atoms with Crippen molar-refractivity contribution in [3.8, 4) is 0 Å². The molecular weight excluding hydrogens is 560 g/mol. The Hall–Kier alpha value is -0.930. The zero-order chi connectivity index (χ0) is 31.1. The zero-order valence-electron chi connectivity index (χ0n) is 24.2. The highest BCUT2D eigenvalue weighted by molar-refractivity contribution is 5.91. The van der Waals surface area contributed by atoms with Crippen molar-refractivity contribution in [1.29, 1.82) is 0 Å². The van der Waals surface area contributed by atoms with Gasteiger partial charge in [-0.15, -0.1) is 0 Å². The lowest BCUT2D eigenvalue weighted by molar-refractivity contribution is -0.333. The maximum absolute atomic E-state index is 13.0. The van der Waals surface area contributed by atoms with Gasteiger partial charge in [-0.25, -0.2) is 0 Å². The standard InChI is InChI=1S/C26H48N4O12/c1-4-30-8-12-15(32)16(33)17(34)24(40-12)42-21-11(27)5-10(6-14(31)26(38)7-13(26)28)20(18(21)35)41-23-19(36)22(29-3)25(2,37)9-39-23/h10-13,15-24,29-30,32-38H,4-9,27-28H2,1-3H3/t10-,11-,12+,13?,15+,16-,17+,18+,19+,20-,21?,22+,23+,24+,25-,26?/m0/s1. The number of rotatable bonds is 11. The molecule has 4 rings (SSSR count). The summed E-state index contributed by atoms with van der Waals surface area (Å²) in [4.78, 5) is 13.0. The van der Waals surface area contributed by atoms with Crippen LogP contribution in [0.15, 0.2) is 0 Å². The number of hydrogen-bond acceptors (Lipinski definition) is 16. The quantitative estimate of drug-likeness (QED) is 0.104. The largest absolute Gasteiger partial charge is 0.388 e. The maximum atomic E-state index is 13.0. The first kappa shape index (κ1) is 34.0. The van der Waals surface area contributed by atoms with Gasteiger partial charge in [0.15, 0.2) is 18.4 Å². The van der Waals surface area contributed by atoms with Crippen molar-refractivity contribution in [2.75, 3.05) is 26.7 Å². The predicted octanol–water partition coefficient (Wildman–Crippen LogP) is -5.64. The van der Waals surface area contributed by atoms with Crippen LogP contribution >= 0.6 is 0 Å². The Morgan fingerprint density at radius 3 is 2.21 bits per heavy atom. The molecule has 0 aromatic heterocycles. The van der Waals surface area contributed by atoms with Crippen LogP contribution < -0.4 is 22.1 Å². The Morgan fingerprint density at radius 2 is 1.62 bits per heavy atom. The molecule has 16 nitrogen and oxygen atoms in total. The summed E-state index contributed by atoms with van der Waals surface area (Å²) in [5.74, 6) is -1.31. The van der Waals surface area contributed by atoms with Gasteiger partial charge >= 0.3 is 0 Å². The SMILES string of the molecule is CCNC[C@H]1O[C@H](OC2[C@@H](N)C[C@@H](CC(=O)C3(O)CC3N)[C@H](O[C@H]3OC[C@](C)(O)[C@H](NC)[C@H]3O)[C@H]2O)[C@H](O)[C@@H](O)[C@@H]1O. The Labute approximate surface area is 244 Å². The fourth-order valence-corrected chi connectivity index (χ4v) is 6.28. The van der Waals surface area contributed by atoms with Gasteiger partial charge in [0, 0.05) is 31.5 Å². The predicted molar refractivity (Wildman–Crippen MR) is 143 cm³/mol. The Balaban J connectivity index is 1.55. The van der Waals surface area contributed by atoms with Gasteiger partial charge in [-0.2, -0.15) is 0 Å². The Bertz CT molecular complexity index is 934. The van der Waals surface area contributed by atoms with Crippen LogP contribution in [0.25, 0.3) is 0 Å². The molecule has 0 amide bonds. The van der Waals surface area contributed by atoms with Crippen molar-refractivity contribution in [3.63, 3.8) is 0 Å². The summed E-state index contributed by atoms with van der Waals surface area (Å²) in [5, 5.41) is 80.8. The molecule has 2 saturated carbocycles. The van der Waals surface area contributed by atoms with Crippen molar-refractivity contribution in [2.45, 2.75) is 124 Å². The van der Waals surface area contributed by atoms with Gasteiger partial charge in [-0.3, -0.25) is 4.79 Å². The minimum absolute atomic E-state index is 0.0499. The van der Waals surface area contributed by atoms with E-state index in [4.69, 9.17) is 30.4 Å². The maximum Gasteiger partial charge on any atom is 0.187 e. The highest BCUT2D eigenvalue weighted by Crippen LogP contribution is 2.41. The van der Waals surface area contributed by atoms with Crippen LogP contribution in [0.1, 0.15) is 33.1 Å². The van der Waals surface area contributed by atoms with E-state index in [2.05, 4.69) is 10.6 Å². The van der Waals surface area contributed by atoms with E-state index >= 15 is 0 Å². The lowest BCUT2D eigenvalue weighted by Crippen LogP contribution is -2.67. The fraction of sp³-hybridized carbons (Fsp3) is 0.962. The highest BCUT2D eigenvalue weighted by Gasteiger charge is 2.58. The second kappa shape index (κ2) is 13.2. The number of carbonyl (C=O) groups is 1. The van der Waals surface area contributed by atoms with Gasteiger partial charge in [0.05, 0.1) is 18.8 Å². The summed E-state index contributed by atoms with van der Waals surface area (Å²) in [7, 11) is 1.55. The minimum atomic E-state index is -1.68. The van der Waals surface area contributed by atoms with E-state index in [1.165, 1.54) is 6.92 Å². The number of ketones is 1. The second-order valence-electron chi connectivity index (χ2n) is 12.3. The number of nitrogens with one attached hydrogen (secondary N) is 2. The monoisotopic (exact) mass is 608 g/mol. The molecule has 3 unspecified atom stereocenters. The first-order chi connectivity index (χ1) is 19.7. The second-order valence-corrected chi connectivity index (χ2v) is 12.3. The molecule has 4 aliphatic rings. The molecule has 0 bridgehead atoms. The molecule has 0 aromatic rings. The molecule has 0 spiro atoms. The number of aliphatic hydroxyl groups is 7. The lowest BCUT2D eigenvalue weighted by Gasteiger charge is -2.49. The fourth-order valence-electron chi connectivity index (χ4n) is 6.28. The van der Waals surface area contributed by atoms with Gasteiger partial charge in [-0.1, -0.05) is 6.92 Å².